The molecule has 0 spiro atoms. The Balaban J connectivity index is 2.00. The number of hydrogen-bond acceptors (Lipinski definition) is 4. The molecule has 0 saturated carbocycles. The number of hydrogen-bond donors (Lipinski definition) is 3. The molecule has 1 saturated heterocycles. The number of amides is 1. The first kappa shape index (κ1) is 25.1. The fourth-order valence-electron chi connectivity index (χ4n) is 3.63. The number of morpholine rings is 1. The highest BCUT2D eigenvalue weighted by Crippen LogP contribution is 2.12. The van der Waals surface area contributed by atoms with Crippen molar-refractivity contribution in [2.75, 3.05) is 39.4 Å². The number of nitrogens with one attached hydrogen (secondary N) is 3. The molecule has 0 aromatic heterocycles. The first-order valence-corrected chi connectivity index (χ1v) is 11.7. The van der Waals surface area contributed by atoms with Crippen molar-refractivity contribution < 1.29 is 9.53 Å². The number of benzene rings is 1. The number of rotatable bonds is 10. The van der Waals surface area contributed by atoms with Crippen molar-refractivity contribution in [3.8, 4) is 0 Å². The number of aliphatic imine (C=N–C) groups is 1. The minimum atomic E-state index is -0.0319. The van der Waals surface area contributed by atoms with E-state index in [4.69, 9.17) is 9.73 Å². The summed E-state index contributed by atoms with van der Waals surface area (Å²) in [5, 5.41) is 9.88. The first-order valence-electron chi connectivity index (χ1n) is 11.7. The molecule has 0 radical (unpaired) electrons. The van der Waals surface area contributed by atoms with Gasteiger partial charge in [-0.1, -0.05) is 32.9 Å². The standard InChI is InChI=1S/C24H41N5O2/c1-6-19(5)28-23(30)21-10-8-9-20(15-21)16-26-24(25-7-2)27-17-22(18(3)4)29-11-13-31-14-12-29/h8-10,15,18-19,22H,6-7,11-14,16-17H2,1-5H3,(H,28,30)(H2,25,26,27). The minimum Gasteiger partial charge on any atom is -0.379 e. The van der Waals surface area contributed by atoms with E-state index in [1.807, 2.05) is 31.2 Å². The predicted octanol–water partition coefficient (Wildman–Crippen LogP) is 2.63. The summed E-state index contributed by atoms with van der Waals surface area (Å²) >= 11 is 0. The van der Waals surface area contributed by atoms with Crippen LogP contribution < -0.4 is 16.0 Å². The molecule has 0 aliphatic carbocycles. The van der Waals surface area contributed by atoms with E-state index in [1.165, 1.54) is 0 Å². The second-order valence-corrected chi connectivity index (χ2v) is 8.52. The van der Waals surface area contributed by atoms with E-state index >= 15 is 0 Å². The minimum absolute atomic E-state index is 0.0319. The monoisotopic (exact) mass is 431 g/mol. The normalized spacial score (nSPS) is 17.3. The molecule has 7 nitrogen and oxygen atoms in total. The lowest BCUT2D eigenvalue weighted by atomic mass is 10.0. The lowest BCUT2D eigenvalue weighted by molar-refractivity contribution is 0.00752. The van der Waals surface area contributed by atoms with E-state index in [2.05, 4.69) is 48.5 Å². The van der Waals surface area contributed by atoms with Gasteiger partial charge >= 0.3 is 0 Å². The Hall–Kier alpha value is -2.12. The fraction of sp³-hybridized carbons (Fsp3) is 0.667. The summed E-state index contributed by atoms with van der Waals surface area (Å²) in [6.45, 7) is 16.4. The van der Waals surface area contributed by atoms with Gasteiger partial charge in [0.1, 0.15) is 0 Å². The van der Waals surface area contributed by atoms with E-state index in [0.29, 0.717) is 24.1 Å². The van der Waals surface area contributed by atoms with Gasteiger partial charge in [-0.3, -0.25) is 9.69 Å². The van der Waals surface area contributed by atoms with Gasteiger partial charge in [0.25, 0.3) is 5.91 Å². The quantitative estimate of drug-likeness (QED) is 0.392. The Morgan fingerprint density at radius 2 is 1.90 bits per heavy atom. The summed E-state index contributed by atoms with van der Waals surface area (Å²) in [7, 11) is 0. The van der Waals surface area contributed by atoms with Crippen molar-refractivity contribution in [2.45, 2.75) is 59.7 Å². The van der Waals surface area contributed by atoms with Crippen LogP contribution >= 0.6 is 0 Å². The molecule has 1 amide bonds. The lowest BCUT2D eigenvalue weighted by Crippen LogP contribution is -2.52. The van der Waals surface area contributed by atoms with Gasteiger partial charge in [-0.2, -0.15) is 0 Å². The predicted molar refractivity (Wildman–Crippen MR) is 127 cm³/mol. The van der Waals surface area contributed by atoms with Crippen molar-refractivity contribution in [1.82, 2.24) is 20.9 Å². The van der Waals surface area contributed by atoms with Crippen molar-refractivity contribution in [2.24, 2.45) is 10.9 Å². The summed E-state index contributed by atoms with van der Waals surface area (Å²) < 4.78 is 5.51. The number of carbonyl (C=O) groups excluding carboxylic acids is 1. The second kappa shape index (κ2) is 13.3. The van der Waals surface area contributed by atoms with Crippen LogP contribution in [-0.4, -0.2) is 68.2 Å². The maximum Gasteiger partial charge on any atom is 0.251 e. The van der Waals surface area contributed by atoms with Gasteiger partial charge < -0.3 is 20.7 Å². The Labute approximate surface area is 188 Å². The van der Waals surface area contributed by atoms with Crippen LogP contribution in [-0.2, 0) is 11.3 Å². The Bertz CT molecular complexity index is 701. The topological polar surface area (TPSA) is 78.0 Å². The molecule has 1 aromatic rings. The van der Waals surface area contributed by atoms with Gasteiger partial charge in [0.15, 0.2) is 5.96 Å². The van der Waals surface area contributed by atoms with Crippen LogP contribution in [0.1, 0.15) is 57.0 Å². The first-order chi connectivity index (χ1) is 14.9. The van der Waals surface area contributed by atoms with E-state index in [-0.39, 0.29) is 11.9 Å². The molecule has 2 unspecified atom stereocenters. The highest BCUT2D eigenvalue weighted by Gasteiger charge is 2.23. The average molecular weight is 432 g/mol. The molecule has 1 fully saturated rings. The third kappa shape index (κ3) is 8.50. The lowest BCUT2D eigenvalue weighted by Gasteiger charge is -2.37. The van der Waals surface area contributed by atoms with Crippen LogP contribution in [0.5, 0.6) is 0 Å². The van der Waals surface area contributed by atoms with Crippen LogP contribution in [0, 0.1) is 5.92 Å². The molecule has 7 heteroatoms. The van der Waals surface area contributed by atoms with Crippen molar-refractivity contribution in [3.05, 3.63) is 35.4 Å². The van der Waals surface area contributed by atoms with Crippen LogP contribution in [0.15, 0.2) is 29.3 Å². The Kier molecular flexibility index (Phi) is 10.8. The zero-order chi connectivity index (χ0) is 22.6. The van der Waals surface area contributed by atoms with E-state index < -0.39 is 0 Å². The third-order valence-corrected chi connectivity index (χ3v) is 5.71. The molecule has 174 valence electrons. The maximum atomic E-state index is 12.4. The molecule has 2 atom stereocenters. The third-order valence-electron chi connectivity index (χ3n) is 5.71. The smallest absolute Gasteiger partial charge is 0.251 e. The Morgan fingerprint density at radius 3 is 2.55 bits per heavy atom. The van der Waals surface area contributed by atoms with E-state index in [1.54, 1.807) is 0 Å². The molecule has 2 rings (SSSR count). The van der Waals surface area contributed by atoms with Gasteiger partial charge in [0.05, 0.1) is 19.8 Å². The van der Waals surface area contributed by atoms with Crippen molar-refractivity contribution in [3.63, 3.8) is 0 Å². The molecule has 1 aromatic carbocycles. The number of nitrogens with zero attached hydrogens (tertiary/aromatic N) is 2. The molecular formula is C24H41N5O2. The van der Waals surface area contributed by atoms with Crippen LogP contribution in [0.4, 0.5) is 0 Å². The van der Waals surface area contributed by atoms with Crippen molar-refractivity contribution in [1.29, 1.82) is 0 Å². The summed E-state index contributed by atoms with van der Waals surface area (Å²) in [6.07, 6.45) is 0.912. The van der Waals surface area contributed by atoms with E-state index in [0.717, 1.165) is 57.3 Å². The van der Waals surface area contributed by atoms with Gasteiger partial charge in [-0.15, -0.1) is 0 Å². The number of guanidine groups is 1. The average Bonchev–Trinajstić information content (AvgIpc) is 2.78. The zero-order valence-corrected chi connectivity index (χ0v) is 19.9. The zero-order valence-electron chi connectivity index (χ0n) is 19.9. The molecular weight excluding hydrogens is 390 g/mol. The largest absolute Gasteiger partial charge is 0.379 e. The van der Waals surface area contributed by atoms with Crippen LogP contribution in [0.25, 0.3) is 0 Å². The summed E-state index contributed by atoms with van der Waals surface area (Å²) in [5.74, 6) is 1.31. The van der Waals surface area contributed by atoms with Gasteiger partial charge in [0.2, 0.25) is 0 Å². The SMILES string of the molecule is CCNC(=NCc1cccc(C(=O)NC(C)CC)c1)NCC(C(C)C)N1CCOCC1. The summed E-state index contributed by atoms with van der Waals surface area (Å²) in [6, 6.07) is 8.31. The highest BCUT2D eigenvalue weighted by molar-refractivity contribution is 5.94. The summed E-state index contributed by atoms with van der Waals surface area (Å²) in [5.41, 5.74) is 1.70. The van der Waals surface area contributed by atoms with Crippen LogP contribution in [0.2, 0.25) is 0 Å². The van der Waals surface area contributed by atoms with Gasteiger partial charge in [-0.25, -0.2) is 4.99 Å². The summed E-state index contributed by atoms with van der Waals surface area (Å²) in [4.78, 5) is 19.7. The Morgan fingerprint density at radius 1 is 1.16 bits per heavy atom. The van der Waals surface area contributed by atoms with Gasteiger partial charge in [0, 0.05) is 43.8 Å². The van der Waals surface area contributed by atoms with Crippen LogP contribution in [0.3, 0.4) is 0 Å². The molecule has 1 heterocycles. The maximum absolute atomic E-state index is 12.4. The molecule has 31 heavy (non-hydrogen) atoms. The molecule has 1 aliphatic heterocycles. The van der Waals surface area contributed by atoms with Crippen molar-refractivity contribution >= 4 is 11.9 Å². The number of carbonyl (C=O) groups is 1. The number of ether oxygens (including phenoxy) is 1. The second-order valence-electron chi connectivity index (χ2n) is 8.52. The van der Waals surface area contributed by atoms with E-state index in [9.17, 15) is 4.79 Å². The van der Waals surface area contributed by atoms with Gasteiger partial charge in [-0.05, 0) is 43.9 Å². The highest BCUT2D eigenvalue weighted by atomic mass is 16.5. The molecule has 1 aliphatic rings. The fourth-order valence-corrected chi connectivity index (χ4v) is 3.63. The molecule has 3 N–H and O–H groups in total. The molecule has 0 bridgehead atoms.